The number of fused-ring (bicyclic) bond motifs is 1. The zero-order valence-electron chi connectivity index (χ0n) is 12.5. The van der Waals surface area contributed by atoms with Gasteiger partial charge in [-0.3, -0.25) is 15.1 Å². The Morgan fingerprint density at radius 3 is 2.88 bits per heavy atom. The predicted octanol–water partition coefficient (Wildman–Crippen LogP) is 3.26. The van der Waals surface area contributed by atoms with Gasteiger partial charge in [-0.2, -0.15) is 0 Å². The lowest BCUT2D eigenvalue weighted by atomic mass is 10.2. The van der Waals surface area contributed by atoms with E-state index in [1.54, 1.807) is 47.7 Å². The number of imidazole rings is 1. The number of nitrogens with one attached hydrogen (secondary N) is 1. The Labute approximate surface area is 149 Å². The molecule has 3 rings (SSSR count). The van der Waals surface area contributed by atoms with Crippen LogP contribution in [0.5, 0.6) is 0 Å². The maximum absolute atomic E-state index is 11.3. The molecule has 2 heterocycles. The molecule has 1 unspecified atom stereocenters. The monoisotopic (exact) mass is 367 g/mol. The Balaban J connectivity index is 0.00000208. The fourth-order valence-corrected chi connectivity index (χ4v) is 2.51. The van der Waals surface area contributed by atoms with Crippen molar-refractivity contribution in [3.63, 3.8) is 0 Å². The van der Waals surface area contributed by atoms with Crippen LogP contribution in [0.3, 0.4) is 0 Å². The maximum Gasteiger partial charge on any atom is 0.247 e. The van der Waals surface area contributed by atoms with Crippen LogP contribution in [0.1, 0.15) is 0 Å². The smallest absolute Gasteiger partial charge is 0.247 e. The van der Waals surface area contributed by atoms with E-state index in [-0.39, 0.29) is 30.4 Å². The number of aromatic nitrogens is 3. The Morgan fingerprint density at radius 2 is 2.17 bits per heavy atom. The number of nitrogens with zero attached hydrogens (tertiary/aromatic N) is 4. The van der Waals surface area contributed by atoms with Gasteiger partial charge in [-0.05, 0) is 24.3 Å². The maximum atomic E-state index is 11.3. The molecular weight excluding hydrogens is 353 g/mol. The van der Waals surface area contributed by atoms with Gasteiger partial charge in [0.05, 0.1) is 24.9 Å². The van der Waals surface area contributed by atoms with E-state index in [0.29, 0.717) is 5.02 Å². The van der Waals surface area contributed by atoms with Crippen LogP contribution in [0.4, 0.5) is 5.69 Å². The van der Waals surface area contributed by atoms with E-state index in [2.05, 4.69) is 15.3 Å². The summed E-state index contributed by atoms with van der Waals surface area (Å²) in [5, 5.41) is 15.9. The average Bonchev–Trinajstić information content (AvgIpc) is 3.03. The molecule has 0 saturated heterocycles. The number of pyridine rings is 1. The minimum absolute atomic E-state index is 0. The fourth-order valence-electron chi connectivity index (χ4n) is 2.35. The molecule has 1 N–H and O–H groups in total. The molecule has 1 aromatic carbocycles. The van der Waals surface area contributed by atoms with Crippen LogP contribution >= 0.6 is 24.0 Å². The minimum Gasteiger partial charge on any atom is -0.378 e. The highest BCUT2D eigenvalue weighted by molar-refractivity contribution is 6.31. The normalized spacial score (nSPS) is 11.7. The van der Waals surface area contributed by atoms with Gasteiger partial charge in [0.2, 0.25) is 6.04 Å². The standard InChI is InChI=1S/C15H14ClN5O2.ClH/c16-11-1-2-13-14(3-4-18-15(13)7-11)19-8-12(21(22)23)9-20-6-5-17-10-20;/h1-7,10,12H,8-9H2,(H,18,19);1H. The van der Waals surface area contributed by atoms with Crippen molar-refractivity contribution < 1.29 is 4.92 Å². The summed E-state index contributed by atoms with van der Waals surface area (Å²) in [5.41, 5.74) is 1.54. The lowest BCUT2D eigenvalue weighted by molar-refractivity contribution is -0.520. The quantitative estimate of drug-likeness (QED) is 0.533. The molecule has 1 atom stereocenters. The summed E-state index contributed by atoms with van der Waals surface area (Å²) in [4.78, 5) is 19.1. The first-order valence-electron chi connectivity index (χ1n) is 7.01. The first-order valence-corrected chi connectivity index (χ1v) is 7.38. The number of anilines is 1. The number of hydrogen-bond acceptors (Lipinski definition) is 5. The van der Waals surface area contributed by atoms with Crippen LogP contribution in [0.2, 0.25) is 5.02 Å². The van der Waals surface area contributed by atoms with E-state index in [1.807, 2.05) is 6.07 Å². The number of nitro groups is 1. The molecule has 0 fully saturated rings. The second-order valence-electron chi connectivity index (χ2n) is 5.10. The highest BCUT2D eigenvalue weighted by atomic mass is 35.5. The highest BCUT2D eigenvalue weighted by Crippen LogP contribution is 2.24. The van der Waals surface area contributed by atoms with Crippen LogP contribution in [-0.4, -0.2) is 32.0 Å². The summed E-state index contributed by atoms with van der Waals surface area (Å²) < 4.78 is 1.69. The molecule has 0 aliphatic carbocycles. The summed E-state index contributed by atoms with van der Waals surface area (Å²) >= 11 is 5.96. The Morgan fingerprint density at radius 1 is 1.33 bits per heavy atom. The van der Waals surface area contributed by atoms with Gasteiger partial charge < -0.3 is 9.88 Å². The van der Waals surface area contributed by atoms with Crippen LogP contribution in [-0.2, 0) is 6.54 Å². The molecular formula is C15H15Cl2N5O2. The number of halogens is 2. The van der Waals surface area contributed by atoms with Gasteiger partial charge in [-0.25, -0.2) is 4.98 Å². The van der Waals surface area contributed by atoms with Crippen molar-refractivity contribution in [1.29, 1.82) is 0 Å². The molecule has 24 heavy (non-hydrogen) atoms. The lowest BCUT2D eigenvalue weighted by Gasteiger charge is -2.13. The van der Waals surface area contributed by atoms with Crippen molar-refractivity contribution in [2.75, 3.05) is 11.9 Å². The minimum atomic E-state index is -0.764. The molecule has 2 aromatic heterocycles. The SMILES string of the molecule is Cl.O=[N+]([O-])C(CNc1ccnc2cc(Cl)ccc12)Cn1ccnc1. The summed E-state index contributed by atoms with van der Waals surface area (Å²) in [6, 6.07) is 6.42. The van der Waals surface area contributed by atoms with Crippen molar-refractivity contribution in [2.45, 2.75) is 12.6 Å². The van der Waals surface area contributed by atoms with Gasteiger partial charge in [-0.15, -0.1) is 12.4 Å². The van der Waals surface area contributed by atoms with Gasteiger partial charge in [0.1, 0.15) is 0 Å². The molecule has 3 aromatic rings. The van der Waals surface area contributed by atoms with Crippen molar-refractivity contribution in [3.8, 4) is 0 Å². The number of rotatable bonds is 6. The first-order chi connectivity index (χ1) is 11.1. The van der Waals surface area contributed by atoms with E-state index in [4.69, 9.17) is 11.6 Å². The summed E-state index contributed by atoms with van der Waals surface area (Å²) in [6.45, 7) is 0.460. The van der Waals surface area contributed by atoms with Crippen molar-refractivity contribution in [1.82, 2.24) is 14.5 Å². The largest absolute Gasteiger partial charge is 0.378 e. The highest BCUT2D eigenvalue weighted by Gasteiger charge is 2.20. The third kappa shape index (κ3) is 4.12. The summed E-state index contributed by atoms with van der Waals surface area (Å²) in [7, 11) is 0. The van der Waals surface area contributed by atoms with E-state index in [0.717, 1.165) is 16.6 Å². The second-order valence-corrected chi connectivity index (χ2v) is 5.54. The second kappa shape index (κ2) is 7.94. The van der Waals surface area contributed by atoms with Gasteiger partial charge in [-0.1, -0.05) is 11.6 Å². The molecule has 126 valence electrons. The lowest BCUT2D eigenvalue weighted by Crippen LogP contribution is -2.32. The molecule has 0 bridgehead atoms. The van der Waals surface area contributed by atoms with E-state index < -0.39 is 6.04 Å². The molecule has 0 radical (unpaired) electrons. The average molecular weight is 368 g/mol. The van der Waals surface area contributed by atoms with Crippen molar-refractivity contribution in [3.05, 3.63) is 64.3 Å². The number of hydrogen-bond donors (Lipinski definition) is 1. The Bertz CT molecular complexity index is 826. The first kappa shape index (κ1) is 18.0. The Kier molecular flexibility index (Phi) is 5.94. The number of benzene rings is 1. The van der Waals surface area contributed by atoms with E-state index >= 15 is 0 Å². The van der Waals surface area contributed by atoms with Crippen molar-refractivity contribution >= 4 is 40.6 Å². The predicted molar refractivity (Wildman–Crippen MR) is 95.5 cm³/mol. The molecule has 7 nitrogen and oxygen atoms in total. The molecule has 0 saturated carbocycles. The van der Waals surface area contributed by atoms with Gasteiger partial charge in [0.15, 0.2) is 0 Å². The molecule has 9 heteroatoms. The molecule has 0 aliphatic rings. The summed E-state index contributed by atoms with van der Waals surface area (Å²) in [6.07, 6.45) is 6.53. The van der Waals surface area contributed by atoms with Gasteiger partial charge >= 0.3 is 0 Å². The van der Waals surface area contributed by atoms with E-state index in [9.17, 15) is 10.1 Å². The zero-order valence-corrected chi connectivity index (χ0v) is 14.1. The zero-order chi connectivity index (χ0) is 16.2. The van der Waals surface area contributed by atoms with Crippen LogP contribution in [0.15, 0.2) is 49.2 Å². The van der Waals surface area contributed by atoms with Gasteiger partial charge in [0, 0.05) is 39.6 Å². The topological polar surface area (TPSA) is 85.9 Å². The Hall–Kier alpha value is -2.38. The van der Waals surface area contributed by atoms with Crippen LogP contribution in [0.25, 0.3) is 10.9 Å². The molecule has 0 amide bonds. The third-order valence-corrected chi connectivity index (χ3v) is 3.75. The fraction of sp³-hybridized carbons (Fsp3) is 0.200. The third-order valence-electron chi connectivity index (χ3n) is 3.51. The van der Waals surface area contributed by atoms with Crippen LogP contribution in [0, 0.1) is 10.1 Å². The van der Waals surface area contributed by atoms with E-state index in [1.165, 1.54) is 0 Å². The van der Waals surface area contributed by atoms with Crippen molar-refractivity contribution in [2.24, 2.45) is 0 Å². The van der Waals surface area contributed by atoms with Gasteiger partial charge in [0.25, 0.3) is 0 Å². The van der Waals surface area contributed by atoms with Crippen LogP contribution < -0.4 is 5.32 Å². The molecule has 0 aliphatic heterocycles. The molecule has 0 spiro atoms. The summed E-state index contributed by atoms with van der Waals surface area (Å²) in [5.74, 6) is 0.